The van der Waals surface area contributed by atoms with Crippen molar-refractivity contribution >= 4 is 18.3 Å². The largest absolute Gasteiger partial charge is 0.492 e. The third-order valence-corrected chi connectivity index (χ3v) is 5.46. The molecule has 0 aromatic heterocycles. The van der Waals surface area contributed by atoms with Crippen LogP contribution in [0.5, 0.6) is 5.75 Å². The van der Waals surface area contributed by atoms with Gasteiger partial charge in [0.25, 0.3) is 0 Å². The maximum Gasteiger partial charge on any atom is 0.241 e. The Morgan fingerprint density at radius 1 is 1.38 bits per heavy atom. The lowest BCUT2D eigenvalue weighted by atomic mass is 9.46. The van der Waals surface area contributed by atoms with Crippen molar-refractivity contribution < 1.29 is 14.3 Å². The van der Waals surface area contributed by atoms with Crippen LogP contribution >= 0.6 is 12.4 Å². The van der Waals surface area contributed by atoms with Gasteiger partial charge in [0.15, 0.2) is 0 Å². The number of rotatable bonds is 5. The minimum Gasteiger partial charge on any atom is -0.492 e. The topological polar surface area (TPSA) is 73.6 Å². The number of para-hydroxylation sites is 1. The first kappa shape index (κ1) is 19.0. The fourth-order valence-electron chi connectivity index (χ4n) is 4.03. The molecule has 1 aromatic carbocycles. The molecule has 0 bridgehead atoms. The molecule has 3 N–H and O–H groups in total. The van der Waals surface area contributed by atoms with Gasteiger partial charge >= 0.3 is 0 Å². The van der Waals surface area contributed by atoms with E-state index in [-0.39, 0.29) is 35.8 Å². The van der Waals surface area contributed by atoms with Crippen molar-refractivity contribution in [2.24, 2.45) is 17.1 Å². The van der Waals surface area contributed by atoms with E-state index in [0.29, 0.717) is 13.2 Å². The molecule has 0 radical (unpaired) electrons. The van der Waals surface area contributed by atoms with Crippen molar-refractivity contribution in [2.45, 2.75) is 38.3 Å². The second-order valence-electron chi connectivity index (χ2n) is 7.05. The van der Waals surface area contributed by atoms with Crippen molar-refractivity contribution in [3.05, 3.63) is 30.3 Å². The molecule has 3 rings (SSSR count). The Bertz CT molecular complexity index is 567. The molecule has 2 aliphatic rings. The van der Waals surface area contributed by atoms with Gasteiger partial charge in [-0.1, -0.05) is 32.0 Å². The lowest BCUT2D eigenvalue weighted by Crippen LogP contribution is -2.82. The van der Waals surface area contributed by atoms with E-state index in [1.165, 1.54) is 0 Å². The smallest absolute Gasteiger partial charge is 0.241 e. The Labute approximate surface area is 149 Å². The monoisotopic (exact) mass is 354 g/mol. The molecule has 0 spiro atoms. The molecule has 1 aliphatic heterocycles. The van der Waals surface area contributed by atoms with E-state index in [1.54, 1.807) is 0 Å². The summed E-state index contributed by atoms with van der Waals surface area (Å²) in [7, 11) is 0. The lowest BCUT2D eigenvalue weighted by molar-refractivity contribution is -0.225. The number of fused-ring (bicyclic) bond motifs is 1. The van der Waals surface area contributed by atoms with Gasteiger partial charge in [-0.25, -0.2) is 0 Å². The highest BCUT2D eigenvalue weighted by atomic mass is 35.5. The summed E-state index contributed by atoms with van der Waals surface area (Å²) in [4.78, 5) is 12.7. The van der Waals surface area contributed by atoms with Crippen LogP contribution in [0.4, 0.5) is 0 Å². The highest BCUT2D eigenvalue weighted by molar-refractivity contribution is 5.89. The van der Waals surface area contributed by atoms with Crippen LogP contribution in [0.2, 0.25) is 0 Å². The first-order chi connectivity index (χ1) is 11.0. The molecule has 1 saturated carbocycles. The van der Waals surface area contributed by atoms with E-state index in [4.69, 9.17) is 15.2 Å². The van der Waals surface area contributed by atoms with Crippen molar-refractivity contribution in [1.29, 1.82) is 0 Å². The number of hydrogen-bond acceptors (Lipinski definition) is 4. The van der Waals surface area contributed by atoms with Crippen molar-refractivity contribution in [2.75, 3.05) is 19.8 Å². The lowest BCUT2D eigenvalue weighted by Gasteiger charge is -2.65. The number of nitrogens with one attached hydrogen (secondary N) is 1. The fourth-order valence-corrected chi connectivity index (χ4v) is 4.03. The summed E-state index contributed by atoms with van der Waals surface area (Å²) in [6, 6.07) is 9.57. The highest BCUT2D eigenvalue weighted by Crippen LogP contribution is 2.57. The zero-order chi connectivity index (χ0) is 16.5. The van der Waals surface area contributed by atoms with Crippen LogP contribution in [0.1, 0.15) is 26.7 Å². The molecule has 2 fully saturated rings. The van der Waals surface area contributed by atoms with Crippen LogP contribution < -0.4 is 15.8 Å². The van der Waals surface area contributed by atoms with Crippen LogP contribution in [-0.2, 0) is 9.53 Å². The van der Waals surface area contributed by atoms with E-state index in [2.05, 4.69) is 5.32 Å². The Balaban J connectivity index is 0.00000208. The Morgan fingerprint density at radius 2 is 2.08 bits per heavy atom. The predicted molar refractivity (Wildman–Crippen MR) is 95.4 cm³/mol. The molecule has 1 aromatic rings. The van der Waals surface area contributed by atoms with Crippen molar-refractivity contribution in [3.63, 3.8) is 0 Å². The van der Waals surface area contributed by atoms with Crippen LogP contribution in [0.25, 0.3) is 0 Å². The zero-order valence-electron chi connectivity index (χ0n) is 14.3. The number of amides is 1. The van der Waals surface area contributed by atoms with E-state index in [9.17, 15) is 4.79 Å². The number of carbonyl (C=O) groups is 1. The number of nitrogens with two attached hydrogens (primary N) is 1. The number of hydrogen-bond donors (Lipinski definition) is 2. The first-order valence-corrected chi connectivity index (χ1v) is 8.34. The van der Waals surface area contributed by atoms with Crippen molar-refractivity contribution in [3.8, 4) is 5.75 Å². The van der Waals surface area contributed by atoms with Gasteiger partial charge in [-0.05, 0) is 25.0 Å². The Hall–Kier alpha value is -1.30. The van der Waals surface area contributed by atoms with Crippen LogP contribution in [-0.4, -0.2) is 37.3 Å². The summed E-state index contributed by atoms with van der Waals surface area (Å²) in [6.07, 6.45) is 2.02. The fraction of sp³-hybridized carbons (Fsp3) is 0.611. The average molecular weight is 355 g/mol. The van der Waals surface area contributed by atoms with Gasteiger partial charge in [-0.2, -0.15) is 0 Å². The van der Waals surface area contributed by atoms with Gasteiger partial charge in [0.1, 0.15) is 17.9 Å². The summed E-state index contributed by atoms with van der Waals surface area (Å²) < 4.78 is 11.4. The number of halogens is 1. The number of ether oxygens (including phenoxy) is 2. The average Bonchev–Trinajstić information content (AvgIpc) is 2.58. The molecule has 1 saturated heterocycles. The molecule has 3 unspecified atom stereocenters. The van der Waals surface area contributed by atoms with Gasteiger partial charge in [0.05, 0.1) is 12.6 Å². The van der Waals surface area contributed by atoms with Gasteiger partial charge in [-0.15, -0.1) is 12.4 Å². The van der Waals surface area contributed by atoms with E-state index >= 15 is 0 Å². The molecule has 3 atom stereocenters. The SMILES string of the molecule is CC1(C)C2OCCCC2C1(N)C(=O)NCCOc1ccccc1.Cl. The molecule has 1 amide bonds. The van der Waals surface area contributed by atoms with Gasteiger partial charge < -0.3 is 20.5 Å². The quantitative estimate of drug-likeness (QED) is 0.794. The van der Waals surface area contributed by atoms with Gasteiger partial charge in [-0.3, -0.25) is 4.79 Å². The molecule has 24 heavy (non-hydrogen) atoms. The summed E-state index contributed by atoms with van der Waals surface area (Å²) in [6.45, 7) is 5.70. The molecule has 5 nitrogen and oxygen atoms in total. The molecule has 134 valence electrons. The normalized spacial score (nSPS) is 30.3. The molecule has 1 heterocycles. The van der Waals surface area contributed by atoms with Crippen LogP contribution in [0.3, 0.4) is 0 Å². The Kier molecular flexibility index (Phi) is 5.78. The highest BCUT2D eigenvalue weighted by Gasteiger charge is 2.70. The molecular weight excluding hydrogens is 328 g/mol. The summed E-state index contributed by atoms with van der Waals surface area (Å²) in [5.74, 6) is 0.820. The maximum absolute atomic E-state index is 12.7. The predicted octanol–water partition coefficient (Wildman–Crippen LogP) is 2.14. The molecular formula is C18H27ClN2O3. The molecule has 1 aliphatic carbocycles. The molecule has 6 heteroatoms. The van der Waals surface area contributed by atoms with Gasteiger partial charge in [0, 0.05) is 17.9 Å². The minimum atomic E-state index is -0.856. The standard InChI is InChI=1S/C18H26N2O3.ClH/c1-17(2)15-14(9-6-11-23-15)18(17,19)16(21)20-10-12-22-13-7-4-3-5-8-13;/h3-5,7-8,14-15H,6,9-12,19H2,1-2H3,(H,20,21);1H. The first-order valence-electron chi connectivity index (χ1n) is 8.34. The number of benzene rings is 1. The second kappa shape index (κ2) is 7.30. The van der Waals surface area contributed by atoms with Crippen LogP contribution in [0, 0.1) is 11.3 Å². The van der Waals surface area contributed by atoms with Gasteiger partial charge in [0.2, 0.25) is 5.91 Å². The summed E-state index contributed by atoms with van der Waals surface area (Å²) in [5.41, 5.74) is 5.34. The van der Waals surface area contributed by atoms with E-state index in [0.717, 1.165) is 25.2 Å². The Morgan fingerprint density at radius 3 is 2.79 bits per heavy atom. The van der Waals surface area contributed by atoms with E-state index < -0.39 is 5.54 Å². The summed E-state index contributed by atoms with van der Waals surface area (Å²) >= 11 is 0. The number of carbonyl (C=O) groups excluding carboxylic acids is 1. The second-order valence-corrected chi connectivity index (χ2v) is 7.05. The third kappa shape index (κ3) is 3.01. The van der Waals surface area contributed by atoms with Crippen LogP contribution in [0.15, 0.2) is 30.3 Å². The van der Waals surface area contributed by atoms with E-state index in [1.807, 2.05) is 44.2 Å². The zero-order valence-corrected chi connectivity index (χ0v) is 15.1. The maximum atomic E-state index is 12.7. The summed E-state index contributed by atoms with van der Waals surface area (Å²) in [5, 5.41) is 2.94. The van der Waals surface area contributed by atoms with Crippen molar-refractivity contribution in [1.82, 2.24) is 5.32 Å². The third-order valence-electron chi connectivity index (χ3n) is 5.46. The minimum absolute atomic E-state index is 0.